The van der Waals surface area contributed by atoms with Gasteiger partial charge in [-0.3, -0.25) is 19.9 Å². The monoisotopic (exact) mass is 716 g/mol. The van der Waals surface area contributed by atoms with Crippen LogP contribution in [0.3, 0.4) is 0 Å². The van der Waals surface area contributed by atoms with Crippen molar-refractivity contribution in [1.82, 2.24) is 19.9 Å². The summed E-state index contributed by atoms with van der Waals surface area (Å²) in [6.45, 7) is 0. The van der Waals surface area contributed by atoms with Crippen LogP contribution in [0.15, 0.2) is 97.6 Å². The molecular formula is C22H16F6N4O6PdS2. The molecule has 0 aliphatic carbocycles. The number of halogens is 6. The van der Waals surface area contributed by atoms with Gasteiger partial charge in [-0.15, -0.1) is 0 Å². The van der Waals surface area contributed by atoms with Crippen LogP contribution in [0.5, 0.6) is 0 Å². The third-order valence-corrected chi connectivity index (χ3v) is 4.89. The fourth-order valence-electron chi connectivity index (χ4n) is 2.06. The summed E-state index contributed by atoms with van der Waals surface area (Å²) in [6.07, 6.45) is 7.07. The van der Waals surface area contributed by atoms with Gasteiger partial charge in [0.25, 0.3) is 0 Å². The van der Waals surface area contributed by atoms with Crippen LogP contribution in [-0.4, -0.2) is 56.9 Å². The first kappa shape index (κ1) is 37.7. The number of aromatic nitrogens is 4. The first-order valence-corrected chi connectivity index (χ1v) is 12.9. The van der Waals surface area contributed by atoms with Crippen molar-refractivity contribution in [3.63, 3.8) is 0 Å². The third-order valence-electron chi connectivity index (χ3n) is 3.75. The molecule has 0 unspecified atom stereocenters. The summed E-state index contributed by atoms with van der Waals surface area (Å²) in [6, 6.07) is 23.2. The Hall–Kier alpha value is -3.34. The molecule has 41 heavy (non-hydrogen) atoms. The van der Waals surface area contributed by atoms with Crippen LogP contribution < -0.4 is 0 Å². The number of nitrogens with zero attached hydrogens (tertiary/aromatic N) is 4. The summed E-state index contributed by atoms with van der Waals surface area (Å²) in [4.78, 5) is 16.7. The summed E-state index contributed by atoms with van der Waals surface area (Å²) < 4.78 is 118. The van der Waals surface area contributed by atoms with Gasteiger partial charge < -0.3 is 9.11 Å². The maximum Gasteiger partial charge on any atom is 2.00 e. The molecule has 10 nitrogen and oxygen atoms in total. The zero-order chi connectivity index (χ0) is 30.5. The van der Waals surface area contributed by atoms with Crippen LogP contribution in [0.2, 0.25) is 0 Å². The molecule has 4 rings (SSSR count). The Bertz CT molecular complexity index is 1310. The number of pyridine rings is 4. The molecule has 0 fully saturated rings. The largest absolute Gasteiger partial charge is 2.00 e. The second-order valence-corrected chi connectivity index (χ2v) is 9.40. The van der Waals surface area contributed by atoms with Gasteiger partial charge in [0.2, 0.25) is 0 Å². The Kier molecular flexibility index (Phi) is 15.4. The van der Waals surface area contributed by atoms with E-state index < -0.39 is 31.3 Å². The Morgan fingerprint density at radius 2 is 0.634 bits per heavy atom. The number of hydrogen-bond acceptors (Lipinski definition) is 10. The van der Waals surface area contributed by atoms with Gasteiger partial charge in [0.05, 0.1) is 22.8 Å². The molecule has 0 radical (unpaired) electrons. The van der Waals surface area contributed by atoms with Gasteiger partial charge in [-0.05, 0) is 48.5 Å². The van der Waals surface area contributed by atoms with Gasteiger partial charge in [-0.2, -0.15) is 26.3 Å². The zero-order valence-corrected chi connectivity index (χ0v) is 23.1. The second kappa shape index (κ2) is 16.8. The molecule has 0 atom stereocenters. The summed E-state index contributed by atoms with van der Waals surface area (Å²) in [7, 11) is -12.2. The molecule has 4 heterocycles. The molecule has 224 valence electrons. The quantitative estimate of drug-likeness (QED) is 0.126. The Balaban J connectivity index is 0.000000528. The maximum atomic E-state index is 10.7. The molecule has 0 saturated heterocycles. The van der Waals surface area contributed by atoms with Gasteiger partial charge in [-0.1, -0.05) is 24.3 Å². The summed E-state index contributed by atoms with van der Waals surface area (Å²) in [5, 5.41) is 0. The minimum absolute atomic E-state index is 0. The maximum absolute atomic E-state index is 10.7. The van der Waals surface area contributed by atoms with Gasteiger partial charge >= 0.3 is 31.4 Å². The molecule has 0 N–H and O–H groups in total. The summed E-state index contributed by atoms with van der Waals surface area (Å²) >= 11 is 0. The van der Waals surface area contributed by atoms with Crippen molar-refractivity contribution in [1.29, 1.82) is 0 Å². The Labute approximate surface area is 243 Å². The van der Waals surface area contributed by atoms with E-state index in [1.54, 1.807) is 24.8 Å². The van der Waals surface area contributed by atoms with Crippen LogP contribution in [0.25, 0.3) is 22.8 Å². The predicted molar refractivity (Wildman–Crippen MR) is 126 cm³/mol. The fraction of sp³-hybridized carbons (Fsp3) is 0.0909. The zero-order valence-electron chi connectivity index (χ0n) is 19.9. The fourth-order valence-corrected chi connectivity index (χ4v) is 2.06. The Morgan fingerprint density at radius 3 is 0.732 bits per heavy atom. The SMILES string of the molecule is O=S(=O)([O-])C(F)(F)F.O=S(=O)([O-])C(F)(F)F.[Pd+2].c1ccc(-c2ccccn2)nc1.c1ccc(-c2ccccn2)nc1. The van der Waals surface area contributed by atoms with E-state index in [1.807, 2.05) is 72.8 Å². The summed E-state index contributed by atoms with van der Waals surface area (Å²) in [5.74, 6) is 0. The van der Waals surface area contributed by atoms with Crippen LogP contribution in [0.1, 0.15) is 0 Å². The molecule has 0 aliphatic heterocycles. The van der Waals surface area contributed by atoms with Gasteiger partial charge in [0, 0.05) is 24.8 Å². The van der Waals surface area contributed by atoms with Crippen LogP contribution in [0.4, 0.5) is 26.3 Å². The van der Waals surface area contributed by atoms with E-state index >= 15 is 0 Å². The minimum atomic E-state index is -6.09. The summed E-state index contributed by atoms with van der Waals surface area (Å²) in [5.41, 5.74) is -7.63. The van der Waals surface area contributed by atoms with Crippen molar-refractivity contribution >= 4 is 20.2 Å². The molecule has 0 bridgehead atoms. The second-order valence-electron chi connectivity index (χ2n) is 6.66. The van der Waals surface area contributed by atoms with Gasteiger partial charge in [0.15, 0.2) is 20.2 Å². The van der Waals surface area contributed by atoms with E-state index in [1.165, 1.54) is 0 Å². The van der Waals surface area contributed by atoms with Crippen LogP contribution in [0, 0.1) is 0 Å². The number of rotatable bonds is 2. The van der Waals surface area contributed by atoms with E-state index in [2.05, 4.69) is 19.9 Å². The molecule has 4 aromatic heterocycles. The van der Waals surface area contributed by atoms with Crippen LogP contribution >= 0.6 is 0 Å². The van der Waals surface area contributed by atoms with Crippen LogP contribution in [-0.2, 0) is 40.7 Å². The van der Waals surface area contributed by atoms with E-state index in [-0.39, 0.29) is 20.4 Å². The van der Waals surface area contributed by atoms with Gasteiger partial charge in [0.1, 0.15) is 0 Å². The van der Waals surface area contributed by atoms with Gasteiger partial charge in [-0.25, -0.2) is 16.8 Å². The van der Waals surface area contributed by atoms with Crippen molar-refractivity contribution in [3.8, 4) is 22.8 Å². The molecule has 19 heteroatoms. The molecular weight excluding hydrogens is 701 g/mol. The molecule has 0 aromatic carbocycles. The Morgan fingerprint density at radius 1 is 0.463 bits per heavy atom. The van der Waals surface area contributed by atoms with Crippen molar-refractivity contribution in [2.45, 2.75) is 11.0 Å². The number of alkyl halides is 6. The van der Waals surface area contributed by atoms with E-state index in [9.17, 15) is 26.3 Å². The van der Waals surface area contributed by atoms with Crippen molar-refractivity contribution in [2.75, 3.05) is 0 Å². The third kappa shape index (κ3) is 14.7. The standard InChI is InChI=1S/2C10H8N2.2CHF3O3S.Pd/c2*1-3-7-11-9(5-1)10-6-2-4-8-12-10;2*2-1(3,4)8(5,6)7;/h2*1-8H;2*(H,5,6,7);/q;;;;+2/p-2. The molecule has 0 aliphatic rings. The average molecular weight is 717 g/mol. The van der Waals surface area contributed by atoms with E-state index in [0.29, 0.717) is 0 Å². The number of hydrogen-bond donors (Lipinski definition) is 0. The minimum Gasteiger partial charge on any atom is -0.741 e. The molecule has 0 spiro atoms. The molecule has 0 saturated carbocycles. The van der Waals surface area contributed by atoms with Crippen molar-refractivity contribution in [3.05, 3.63) is 97.6 Å². The predicted octanol–water partition coefficient (Wildman–Crippen LogP) is 4.39. The molecule has 0 amide bonds. The topological polar surface area (TPSA) is 166 Å². The smallest absolute Gasteiger partial charge is 0.741 e. The first-order valence-electron chi connectivity index (χ1n) is 10.1. The van der Waals surface area contributed by atoms with E-state index in [0.717, 1.165) is 22.8 Å². The van der Waals surface area contributed by atoms with Crippen molar-refractivity contribution < 1.29 is 72.7 Å². The van der Waals surface area contributed by atoms with E-state index in [4.69, 9.17) is 25.9 Å². The van der Waals surface area contributed by atoms with Crippen molar-refractivity contribution in [2.24, 2.45) is 0 Å². The first-order chi connectivity index (χ1) is 18.4. The normalized spacial score (nSPS) is 11.1. The average Bonchev–Trinajstić information content (AvgIpc) is 2.90. The molecule has 4 aromatic rings.